The number of hydrogen-bond donors (Lipinski definition) is 2. The van der Waals surface area contributed by atoms with Gasteiger partial charge in [0.15, 0.2) is 5.69 Å². The molecular weight excluding hydrogens is 238 g/mol. The summed E-state index contributed by atoms with van der Waals surface area (Å²) in [7, 11) is 1.75. The summed E-state index contributed by atoms with van der Waals surface area (Å²) in [6, 6.07) is 0. The second kappa shape index (κ2) is 4.92. The van der Waals surface area contributed by atoms with Crippen LogP contribution in [0.25, 0.3) is 0 Å². The number of aromatic carboxylic acids is 1. The van der Waals surface area contributed by atoms with Gasteiger partial charge in [0.05, 0.1) is 5.69 Å². The molecule has 0 spiro atoms. The molecule has 9 nitrogen and oxygen atoms in total. The largest absolute Gasteiger partial charge is 0.476 e. The van der Waals surface area contributed by atoms with Crippen LogP contribution in [0, 0.1) is 0 Å². The minimum absolute atomic E-state index is 0.0670. The zero-order valence-electron chi connectivity index (χ0n) is 9.81. The Kier molecular flexibility index (Phi) is 3.33. The first kappa shape index (κ1) is 12.2. The van der Waals surface area contributed by atoms with Crippen molar-refractivity contribution < 1.29 is 9.90 Å². The van der Waals surface area contributed by atoms with Crippen molar-refractivity contribution in [2.75, 3.05) is 6.54 Å². The van der Waals surface area contributed by atoms with Crippen molar-refractivity contribution in [2.45, 2.75) is 13.0 Å². The van der Waals surface area contributed by atoms with E-state index in [1.54, 1.807) is 11.7 Å². The minimum atomic E-state index is -1.11. The van der Waals surface area contributed by atoms with Crippen LogP contribution in [-0.4, -0.2) is 47.4 Å². The molecule has 0 atom stereocenters. The highest BCUT2D eigenvalue weighted by Gasteiger charge is 2.19. The standard InChI is InChI=1S/C9H13N7O2/c1-15-7(11-5-12-15)4-16-6(2-3-10)8(9(17)18)13-14-16/h5H,2-4,10H2,1H3,(H,17,18). The number of carboxylic acids is 1. The maximum absolute atomic E-state index is 11.0. The molecule has 96 valence electrons. The normalized spacial score (nSPS) is 10.8. The molecule has 0 bridgehead atoms. The third kappa shape index (κ3) is 2.20. The fourth-order valence-electron chi connectivity index (χ4n) is 1.61. The summed E-state index contributed by atoms with van der Waals surface area (Å²) in [5, 5.41) is 20.4. The predicted molar refractivity (Wildman–Crippen MR) is 59.8 cm³/mol. The van der Waals surface area contributed by atoms with Crippen LogP contribution < -0.4 is 5.73 Å². The van der Waals surface area contributed by atoms with E-state index in [1.165, 1.54) is 11.0 Å². The van der Waals surface area contributed by atoms with Crippen molar-refractivity contribution in [3.8, 4) is 0 Å². The van der Waals surface area contributed by atoms with E-state index in [9.17, 15) is 4.79 Å². The predicted octanol–water partition coefficient (Wildman–Crippen LogP) is -1.35. The summed E-state index contributed by atoms with van der Waals surface area (Å²) in [4.78, 5) is 15.0. The van der Waals surface area contributed by atoms with E-state index < -0.39 is 5.97 Å². The van der Waals surface area contributed by atoms with Gasteiger partial charge in [0.1, 0.15) is 18.7 Å². The number of rotatable bonds is 5. The van der Waals surface area contributed by atoms with Gasteiger partial charge in [-0.25, -0.2) is 14.5 Å². The van der Waals surface area contributed by atoms with Crippen molar-refractivity contribution in [3.05, 3.63) is 23.5 Å². The monoisotopic (exact) mass is 251 g/mol. The SMILES string of the molecule is Cn1ncnc1Cn1nnc(C(=O)O)c1CCN. The van der Waals surface area contributed by atoms with Crippen molar-refractivity contribution in [2.24, 2.45) is 12.8 Å². The van der Waals surface area contributed by atoms with Crippen molar-refractivity contribution >= 4 is 5.97 Å². The number of nitrogens with two attached hydrogens (primary N) is 1. The molecule has 2 aromatic heterocycles. The van der Waals surface area contributed by atoms with E-state index in [-0.39, 0.29) is 5.69 Å². The molecule has 0 aliphatic carbocycles. The summed E-state index contributed by atoms with van der Waals surface area (Å²) in [6.07, 6.45) is 1.82. The third-order valence-corrected chi connectivity index (χ3v) is 2.52. The van der Waals surface area contributed by atoms with Crippen molar-refractivity contribution in [1.82, 2.24) is 29.8 Å². The Morgan fingerprint density at radius 1 is 1.56 bits per heavy atom. The molecule has 0 unspecified atom stereocenters. The van der Waals surface area contributed by atoms with Crippen LogP contribution in [0.2, 0.25) is 0 Å². The van der Waals surface area contributed by atoms with E-state index in [0.29, 0.717) is 31.0 Å². The van der Waals surface area contributed by atoms with Crippen LogP contribution >= 0.6 is 0 Å². The molecule has 0 aliphatic heterocycles. The van der Waals surface area contributed by atoms with Gasteiger partial charge in [-0.3, -0.25) is 4.68 Å². The molecule has 2 rings (SSSR count). The number of carboxylic acid groups (broad SMARTS) is 1. The quantitative estimate of drug-likeness (QED) is 0.673. The van der Waals surface area contributed by atoms with Crippen molar-refractivity contribution in [1.29, 1.82) is 0 Å². The fraction of sp³-hybridized carbons (Fsp3) is 0.444. The number of nitrogens with zero attached hydrogens (tertiary/aromatic N) is 6. The molecule has 9 heteroatoms. The van der Waals surface area contributed by atoms with Gasteiger partial charge in [-0.15, -0.1) is 5.10 Å². The Morgan fingerprint density at radius 3 is 2.89 bits per heavy atom. The zero-order chi connectivity index (χ0) is 13.1. The molecule has 18 heavy (non-hydrogen) atoms. The second-order valence-corrected chi connectivity index (χ2v) is 3.69. The van der Waals surface area contributed by atoms with Gasteiger partial charge in [-0.1, -0.05) is 5.21 Å². The summed E-state index contributed by atoms with van der Waals surface area (Å²) in [5.41, 5.74) is 5.89. The molecule has 0 radical (unpaired) electrons. The molecule has 0 aliphatic rings. The van der Waals surface area contributed by atoms with Crippen molar-refractivity contribution in [3.63, 3.8) is 0 Å². The zero-order valence-corrected chi connectivity index (χ0v) is 9.81. The highest BCUT2D eigenvalue weighted by Crippen LogP contribution is 2.08. The van der Waals surface area contributed by atoms with Crippen LogP contribution in [0.4, 0.5) is 0 Å². The summed E-state index contributed by atoms with van der Waals surface area (Å²) >= 11 is 0. The van der Waals surface area contributed by atoms with Crippen LogP contribution in [0.5, 0.6) is 0 Å². The molecule has 0 aromatic carbocycles. The molecule has 0 saturated carbocycles. The highest BCUT2D eigenvalue weighted by atomic mass is 16.4. The van der Waals surface area contributed by atoms with Crippen LogP contribution in [-0.2, 0) is 20.0 Å². The van der Waals surface area contributed by atoms with Crippen LogP contribution in [0.1, 0.15) is 22.0 Å². The molecule has 0 fully saturated rings. The van der Waals surface area contributed by atoms with E-state index >= 15 is 0 Å². The summed E-state index contributed by atoms with van der Waals surface area (Å²) < 4.78 is 3.08. The average Bonchev–Trinajstić information content (AvgIpc) is 2.89. The molecule has 3 N–H and O–H groups in total. The average molecular weight is 251 g/mol. The van der Waals surface area contributed by atoms with E-state index in [2.05, 4.69) is 20.4 Å². The lowest BCUT2D eigenvalue weighted by Crippen LogP contribution is -2.15. The molecule has 0 saturated heterocycles. The lowest BCUT2D eigenvalue weighted by atomic mass is 10.2. The smallest absolute Gasteiger partial charge is 0.358 e. The summed E-state index contributed by atoms with van der Waals surface area (Å²) in [5.74, 6) is -0.447. The lowest BCUT2D eigenvalue weighted by molar-refractivity contribution is 0.0689. The maximum atomic E-state index is 11.0. The fourth-order valence-corrected chi connectivity index (χ4v) is 1.61. The first-order valence-electron chi connectivity index (χ1n) is 5.32. The van der Waals surface area contributed by atoms with Gasteiger partial charge >= 0.3 is 5.97 Å². The van der Waals surface area contributed by atoms with Crippen LogP contribution in [0.15, 0.2) is 6.33 Å². The number of aryl methyl sites for hydroxylation is 1. The first-order valence-corrected chi connectivity index (χ1v) is 5.32. The van der Waals surface area contributed by atoms with Crippen LogP contribution in [0.3, 0.4) is 0 Å². The molecule has 0 amide bonds. The third-order valence-electron chi connectivity index (χ3n) is 2.52. The Hall–Kier alpha value is -2.29. The highest BCUT2D eigenvalue weighted by molar-refractivity contribution is 5.86. The lowest BCUT2D eigenvalue weighted by Gasteiger charge is -2.05. The first-order chi connectivity index (χ1) is 8.63. The van der Waals surface area contributed by atoms with Gasteiger partial charge in [-0.2, -0.15) is 5.10 Å². The Balaban J connectivity index is 2.33. The molecule has 2 aromatic rings. The van der Waals surface area contributed by atoms with E-state index in [1.807, 2.05) is 0 Å². The maximum Gasteiger partial charge on any atom is 0.358 e. The molecular formula is C9H13N7O2. The number of aromatic nitrogens is 6. The second-order valence-electron chi connectivity index (χ2n) is 3.69. The summed E-state index contributed by atoms with van der Waals surface area (Å²) in [6.45, 7) is 0.637. The molecule has 2 heterocycles. The topological polar surface area (TPSA) is 125 Å². The Morgan fingerprint density at radius 2 is 2.33 bits per heavy atom. The van der Waals surface area contributed by atoms with Gasteiger partial charge in [0.2, 0.25) is 0 Å². The van der Waals surface area contributed by atoms with Gasteiger partial charge in [-0.05, 0) is 6.54 Å². The van der Waals surface area contributed by atoms with E-state index in [0.717, 1.165) is 0 Å². The van der Waals surface area contributed by atoms with Gasteiger partial charge in [0.25, 0.3) is 0 Å². The Bertz CT molecular complexity index is 559. The van der Waals surface area contributed by atoms with E-state index in [4.69, 9.17) is 10.8 Å². The Labute approximate surface area is 102 Å². The number of carbonyl (C=O) groups is 1. The van der Waals surface area contributed by atoms with Gasteiger partial charge in [0, 0.05) is 13.5 Å². The number of hydrogen-bond acceptors (Lipinski definition) is 6. The van der Waals surface area contributed by atoms with Gasteiger partial charge < -0.3 is 10.8 Å². The minimum Gasteiger partial charge on any atom is -0.476 e.